The zero-order valence-electron chi connectivity index (χ0n) is 9.69. The van der Waals surface area contributed by atoms with Crippen molar-refractivity contribution in [3.63, 3.8) is 0 Å². The quantitative estimate of drug-likeness (QED) is 0.907. The molecule has 0 unspecified atom stereocenters. The average molecular weight is 251 g/mol. The van der Waals surface area contributed by atoms with Gasteiger partial charge in [0.15, 0.2) is 0 Å². The molecular formula is C13H15ClN2O. The fourth-order valence-corrected chi connectivity index (χ4v) is 2.08. The van der Waals surface area contributed by atoms with Gasteiger partial charge in [-0.25, -0.2) is 0 Å². The van der Waals surface area contributed by atoms with Crippen molar-refractivity contribution in [3.05, 3.63) is 52.9 Å². The Labute approximate surface area is 106 Å². The standard InChI is InChI=1S/C13H15ClN2O/c1-16(9-10-4-3-7-17-10)13-6-2-5-12(14)11(13)8-15/h2-7H,8-9,15H2,1H3. The molecule has 0 aliphatic heterocycles. The Morgan fingerprint density at radius 3 is 2.76 bits per heavy atom. The molecule has 4 heteroatoms. The summed E-state index contributed by atoms with van der Waals surface area (Å²) in [6.07, 6.45) is 1.67. The van der Waals surface area contributed by atoms with E-state index in [1.807, 2.05) is 37.4 Å². The fraction of sp³-hybridized carbons (Fsp3) is 0.231. The smallest absolute Gasteiger partial charge is 0.123 e. The van der Waals surface area contributed by atoms with E-state index in [4.69, 9.17) is 21.8 Å². The summed E-state index contributed by atoms with van der Waals surface area (Å²) < 4.78 is 5.32. The van der Waals surface area contributed by atoms with E-state index in [-0.39, 0.29) is 0 Å². The third-order valence-electron chi connectivity index (χ3n) is 2.68. The highest BCUT2D eigenvalue weighted by atomic mass is 35.5. The summed E-state index contributed by atoms with van der Waals surface area (Å²) in [5, 5.41) is 0.705. The van der Waals surface area contributed by atoms with Crippen molar-refractivity contribution in [2.24, 2.45) is 5.73 Å². The van der Waals surface area contributed by atoms with Crippen LogP contribution in [0.3, 0.4) is 0 Å². The maximum absolute atomic E-state index is 6.13. The Bertz CT molecular complexity index is 482. The highest BCUT2D eigenvalue weighted by molar-refractivity contribution is 6.31. The van der Waals surface area contributed by atoms with Crippen LogP contribution in [0, 0.1) is 0 Å². The number of nitrogens with two attached hydrogens (primary N) is 1. The van der Waals surface area contributed by atoms with Gasteiger partial charge in [0.1, 0.15) is 5.76 Å². The van der Waals surface area contributed by atoms with E-state index in [9.17, 15) is 0 Å². The second kappa shape index (κ2) is 5.25. The maximum Gasteiger partial charge on any atom is 0.123 e. The predicted octanol–water partition coefficient (Wildman–Crippen LogP) is 3.03. The second-order valence-electron chi connectivity index (χ2n) is 3.88. The van der Waals surface area contributed by atoms with Crippen LogP contribution >= 0.6 is 11.6 Å². The Balaban J connectivity index is 2.24. The average Bonchev–Trinajstić information content (AvgIpc) is 2.81. The number of hydrogen-bond donors (Lipinski definition) is 1. The van der Waals surface area contributed by atoms with E-state index in [2.05, 4.69) is 4.90 Å². The number of hydrogen-bond acceptors (Lipinski definition) is 3. The van der Waals surface area contributed by atoms with E-state index in [1.54, 1.807) is 6.26 Å². The minimum absolute atomic E-state index is 0.428. The third-order valence-corrected chi connectivity index (χ3v) is 3.04. The Hall–Kier alpha value is -1.45. The van der Waals surface area contributed by atoms with Gasteiger partial charge in [0, 0.05) is 29.9 Å². The molecule has 0 fully saturated rings. The lowest BCUT2D eigenvalue weighted by Gasteiger charge is -2.21. The molecule has 17 heavy (non-hydrogen) atoms. The first-order valence-electron chi connectivity index (χ1n) is 5.43. The molecule has 0 aliphatic rings. The van der Waals surface area contributed by atoms with Crippen LogP contribution in [0.5, 0.6) is 0 Å². The van der Waals surface area contributed by atoms with Gasteiger partial charge in [-0.2, -0.15) is 0 Å². The molecule has 0 saturated carbocycles. The maximum atomic E-state index is 6.13. The number of anilines is 1. The molecule has 0 saturated heterocycles. The largest absolute Gasteiger partial charge is 0.467 e. The lowest BCUT2D eigenvalue weighted by atomic mass is 10.1. The van der Waals surface area contributed by atoms with Crippen molar-refractivity contribution in [2.45, 2.75) is 13.1 Å². The van der Waals surface area contributed by atoms with Crippen LogP contribution in [0.2, 0.25) is 5.02 Å². The molecule has 1 aromatic heterocycles. The lowest BCUT2D eigenvalue weighted by molar-refractivity contribution is 0.507. The van der Waals surface area contributed by atoms with Crippen molar-refractivity contribution < 1.29 is 4.42 Å². The van der Waals surface area contributed by atoms with Crippen molar-refractivity contribution in [2.75, 3.05) is 11.9 Å². The van der Waals surface area contributed by atoms with Crippen molar-refractivity contribution >= 4 is 17.3 Å². The van der Waals surface area contributed by atoms with Crippen LogP contribution in [0.25, 0.3) is 0 Å². The Morgan fingerprint density at radius 1 is 1.29 bits per heavy atom. The van der Waals surface area contributed by atoms with Gasteiger partial charge in [0.2, 0.25) is 0 Å². The topological polar surface area (TPSA) is 42.4 Å². The summed E-state index contributed by atoms with van der Waals surface area (Å²) in [4.78, 5) is 2.08. The van der Waals surface area contributed by atoms with Gasteiger partial charge in [-0.1, -0.05) is 17.7 Å². The van der Waals surface area contributed by atoms with Gasteiger partial charge in [0.25, 0.3) is 0 Å². The first kappa shape index (κ1) is 12.0. The van der Waals surface area contributed by atoms with Gasteiger partial charge in [-0.3, -0.25) is 0 Å². The highest BCUT2D eigenvalue weighted by Crippen LogP contribution is 2.27. The van der Waals surface area contributed by atoms with Gasteiger partial charge in [-0.15, -0.1) is 0 Å². The zero-order chi connectivity index (χ0) is 12.3. The molecule has 0 amide bonds. The van der Waals surface area contributed by atoms with E-state index in [1.165, 1.54) is 0 Å². The second-order valence-corrected chi connectivity index (χ2v) is 4.28. The first-order chi connectivity index (χ1) is 8.22. The number of halogens is 1. The number of rotatable bonds is 4. The molecule has 1 aromatic carbocycles. The third kappa shape index (κ3) is 2.62. The summed E-state index contributed by atoms with van der Waals surface area (Å²) in [5.41, 5.74) is 7.73. The first-order valence-corrected chi connectivity index (χ1v) is 5.81. The Morgan fingerprint density at radius 2 is 2.12 bits per heavy atom. The van der Waals surface area contributed by atoms with E-state index >= 15 is 0 Å². The van der Waals surface area contributed by atoms with Crippen molar-refractivity contribution in [1.29, 1.82) is 0 Å². The minimum atomic E-state index is 0.428. The van der Waals surface area contributed by atoms with E-state index < -0.39 is 0 Å². The molecule has 0 spiro atoms. The number of nitrogens with zero attached hydrogens (tertiary/aromatic N) is 1. The summed E-state index contributed by atoms with van der Waals surface area (Å²) in [6, 6.07) is 9.62. The molecule has 0 aliphatic carbocycles. The van der Waals surface area contributed by atoms with E-state index in [0.717, 1.165) is 17.0 Å². The Kier molecular flexibility index (Phi) is 3.71. The van der Waals surface area contributed by atoms with E-state index in [0.29, 0.717) is 18.1 Å². The van der Waals surface area contributed by atoms with Gasteiger partial charge in [-0.05, 0) is 24.3 Å². The zero-order valence-corrected chi connectivity index (χ0v) is 10.4. The molecule has 2 aromatic rings. The van der Waals surface area contributed by atoms with Crippen LogP contribution < -0.4 is 10.6 Å². The van der Waals surface area contributed by atoms with Gasteiger partial charge < -0.3 is 15.1 Å². The predicted molar refractivity (Wildman–Crippen MR) is 70.2 cm³/mol. The van der Waals surface area contributed by atoms with Gasteiger partial charge >= 0.3 is 0 Å². The number of furan rings is 1. The van der Waals surface area contributed by atoms with Crippen LogP contribution in [-0.2, 0) is 13.1 Å². The molecule has 0 bridgehead atoms. The molecule has 0 radical (unpaired) electrons. The summed E-state index contributed by atoms with van der Waals surface area (Å²) in [7, 11) is 1.99. The molecule has 3 nitrogen and oxygen atoms in total. The monoisotopic (exact) mass is 250 g/mol. The lowest BCUT2D eigenvalue weighted by Crippen LogP contribution is -2.18. The van der Waals surface area contributed by atoms with Crippen LogP contribution in [-0.4, -0.2) is 7.05 Å². The number of benzene rings is 1. The van der Waals surface area contributed by atoms with Gasteiger partial charge in [0.05, 0.1) is 12.8 Å². The molecule has 2 rings (SSSR count). The highest BCUT2D eigenvalue weighted by Gasteiger charge is 2.10. The van der Waals surface area contributed by atoms with Crippen LogP contribution in [0.15, 0.2) is 41.0 Å². The molecular weight excluding hydrogens is 236 g/mol. The molecule has 2 N–H and O–H groups in total. The molecule has 90 valence electrons. The summed E-state index contributed by atoms with van der Waals surface area (Å²) in [5.74, 6) is 0.912. The molecule has 1 heterocycles. The normalized spacial score (nSPS) is 10.5. The SMILES string of the molecule is CN(Cc1ccco1)c1cccc(Cl)c1CN. The fourth-order valence-electron chi connectivity index (χ4n) is 1.83. The van der Waals surface area contributed by atoms with Crippen LogP contribution in [0.4, 0.5) is 5.69 Å². The minimum Gasteiger partial charge on any atom is -0.467 e. The van der Waals surface area contributed by atoms with Crippen molar-refractivity contribution in [3.8, 4) is 0 Å². The summed E-state index contributed by atoms with van der Waals surface area (Å²) in [6.45, 7) is 1.12. The summed E-state index contributed by atoms with van der Waals surface area (Å²) >= 11 is 6.13. The molecule has 0 atom stereocenters. The van der Waals surface area contributed by atoms with Crippen LogP contribution in [0.1, 0.15) is 11.3 Å². The van der Waals surface area contributed by atoms with Crippen molar-refractivity contribution in [1.82, 2.24) is 0 Å².